The van der Waals surface area contributed by atoms with E-state index in [4.69, 9.17) is 23.3 Å². The van der Waals surface area contributed by atoms with Crippen LogP contribution < -0.4 is 5.73 Å². The van der Waals surface area contributed by atoms with Gasteiger partial charge >= 0.3 is 10.4 Å². The van der Waals surface area contributed by atoms with E-state index in [0.717, 1.165) is 31.2 Å². The Labute approximate surface area is 117 Å². The van der Waals surface area contributed by atoms with Gasteiger partial charge in [-0.05, 0) is 18.9 Å². The van der Waals surface area contributed by atoms with Crippen LogP contribution >= 0.6 is 0 Å². The minimum Gasteiger partial charge on any atom is -0.399 e. The number of nitro groups is 1. The molecule has 0 aliphatic heterocycles. The molecule has 0 saturated carbocycles. The molecule has 0 saturated heterocycles. The Balaban J connectivity index is 0.000000621. The van der Waals surface area contributed by atoms with Gasteiger partial charge in [0, 0.05) is 17.3 Å². The second kappa shape index (κ2) is 8.46. The highest BCUT2D eigenvalue weighted by Gasteiger charge is 2.12. The molecule has 0 aliphatic rings. The van der Waals surface area contributed by atoms with Crippen LogP contribution in [0.15, 0.2) is 18.2 Å². The Bertz CT molecular complexity index is 536. The van der Waals surface area contributed by atoms with Crippen molar-refractivity contribution in [1.82, 2.24) is 0 Å². The summed E-state index contributed by atoms with van der Waals surface area (Å²) in [5, 5.41) is 10.8. The molecule has 1 rings (SSSR count). The molecular weight excluding hydrogens is 288 g/mol. The van der Waals surface area contributed by atoms with Gasteiger partial charge in [0.2, 0.25) is 0 Å². The van der Waals surface area contributed by atoms with Crippen LogP contribution in [-0.4, -0.2) is 22.4 Å². The number of nitro benzene ring substituents is 1. The number of hydrogen-bond donors (Lipinski definition) is 3. The van der Waals surface area contributed by atoms with Crippen molar-refractivity contribution in [3.63, 3.8) is 0 Å². The van der Waals surface area contributed by atoms with Crippen LogP contribution in [0, 0.1) is 10.1 Å². The van der Waals surface area contributed by atoms with E-state index in [-0.39, 0.29) is 10.6 Å². The third kappa shape index (κ3) is 9.25. The highest BCUT2D eigenvalue weighted by Crippen LogP contribution is 2.23. The van der Waals surface area contributed by atoms with Gasteiger partial charge in [0.15, 0.2) is 0 Å². The molecule has 4 N–H and O–H groups in total. The quantitative estimate of drug-likeness (QED) is 0.249. The van der Waals surface area contributed by atoms with Crippen molar-refractivity contribution < 1.29 is 22.4 Å². The minimum absolute atomic E-state index is 0.145. The minimum atomic E-state index is -4.67. The number of benzene rings is 1. The molecule has 0 unspecified atom stereocenters. The normalized spacial score (nSPS) is 10.6. The predicted molar refractivity (Wildman–Crippen MR) is 74.9 cm³/mol. The summed E-state index contributed by atoms with van der Waals surface area (Å²) in [5.41, 5.74) is 6.89. The van der Waals surface area contributed by atoms with Gasteiger partial charge in [-0.1, -0.05) is 25.8 Å². The van der Waals surface area contributed by atoms with Crippen molar-refractivity contribution in [2.75, 3.05) is 5.73 Å². The summed E-state index contributed by atoms with van der Waals surface area (Å²) in [4.78, 5) is 10.4. The van der Waals surface area contributed by atoms with Crippen LogP contribution in [0.5, 0.6) is 0 Å². The molecule has 1 aromatic rings. The van der Waals surface area contributed by atoms with Crippen molar-refractivity contribution in [2.24, 2.45) is 0 Å². The maximum absolute atomic E-state index is 10.8. The van der Waals surface area contributed by atoms with Crippen molar-refractivity contribution in [3.05, 3.63) is 33.9 Å². The molecule has 0 aromatic heterocycles. The second-order valence-electron chi connectivity index (χ2n) is 4.05. The second-order valence-corrected chi connectivity index (χ2v) is 4.95. The monoisotopic (exact) mass is 306 g/mol. The van der Waals surface area contributed by atoms with Gasteiger partial charge in [0.1, 0.15) is 0 Å². The maximum atomic E-state index is 10.8. The fourth-order valence-corrected chi connectivity index (χ4v) is 1.53. The molecule has 114 valence electrons. The number of hydrogen-bond acceptors (Lipinski definition) is 5. The molecule has 1 aromatic carbocycles. The van der Waals surface area contributed by atoms with Crippen LogP contribution in [0.1, 0.15) is 31.7 Å². The first-order valence-electron chi connectivity index (χ1n) is 5.87. The average Bonchev–Trinajstić information content (AvgIpc) is 2.29. The Morgan fingerprint density at radius 1 is 1.30 bits per heavy atom. The summed E-state index contributed by atoms with van der Waals surface area (Å²) in [5.74, 6) is 0. The lowest BCUT2D eigenvalue weighted by Crippen LogP contribution is -1.97. The Morgan fingerprint density at radius 3 is 2.30 bits per heavy atom. The molecule has 9 heteroatoms. The Morgan fingerprint density at radius 2 is 1.85 bits per heavy atom. The lowest BCUT2D eigenvalue weighted by Gasteiger charge is -2.03. The Hall–Kier alpha value is -1.71. The van der Waals surface area contributed by atoms with Gasteiger partial charge < -0.3 is 5.73 Å². The summed E-state index contributed by atoms with van der Waals surface area (Å²) in [7, 11) is -4.67. The molecule has 20 heavy (non-hydrogen) atoms. The van der Waals surface area contributed by atoms with Gasteiger partial charge in [-0.3, -0.25) is 19.2 Å². The van der Waals surface area contributed by atoms with Crippen molar-refractivity contribution in [1.29, 1.82) is 0 Å². The van der Waals surface area contributed by atoms with E-state index >= 15 is 0 Å². The third-order valence-electron chi connectivity index (χ3n) is 2.36. The zero-order valence-electron chi connectivity index (χ0n) is 11.0. The largest absolute Gasteiger partial charge is 0.399 e. The summed E-state index contributed by atoms with van der Waals surface area (Å²) >= 11 is 0. The third-order valence-corrected chi connectivity index (χ3v) is 2.36. The molecule has 0 amide bonds. The lowest BCUT2D eigenvalue weighted by atomic mass is 10.0. The number of aryl methyl sites for hydroxylation is 1. The highest BCUT2D eigenvalue weighted by molar-refractivity contribution is 7.79. The van der Waals surface area contributed by atoms with E-state index in [1.54, 1.807) is 12.1 Å². The van der Waals surface area contributed by atoms with Crippen LogP contribution in [0.4, 0.5) is 11.4 Å². The topological polar surface area (TPSA) is 144 Å². The standard InChI is InChI=1S/C11H16N2O2.H2O4S/c1-2-3-4-5-9-6-7-10(12)8-11(9)13(14)15;1-5(2,3)4/h6-8H,2-5,12H2,1H3;(H2,1,2,3,4). The summed E-state index contributed by atoms with van der Waals surface area (Å²) in [6, 6.07) is 4.90. The van der Waals surface area contributed by atoms with E-state index < -0.39 is 10.4 Å². The molecule has 0 bridgehead atoms. The number of nitrogens with zero attached hydrogens (tertiary/aromatic N) is 1. The zero-order chi connectivity index (χ0) is 15.8. The first kappa shape index (κ1) is 18.3. The van der Waals surface area contributed by atoms with Gasteiger partial charge in [-0.15, -0.1) is 0 Å². The molecule has 0 fully saturated rings. The molecule has 0 radical (unpaired) electrons. The molecule has 0 aliphatic carbocycles. The van der Waals surface area contributed by atoms with Gasteiger partial charge in [0.05, 0.1) is 4.92 Å². The van der Waals surface area contributed by atoms with Crippen LogP contribution in [0.3, 0.4) is 0 Å². The number of nitrogen functional groups attached to an aromatic ring is 1. The van der Waals surface area contributed by atoms with E-state index in [9.17, 15) is 10.1 Å². The molecule has 0 atom stereocenters. The van der Waals surface area contributed by atoms with Gasteiger partial charge in [-0.2, -0.15) is 8.42 Å². The number of rotatable bonds is 5. The molecule has 0 heterocycles. The molecule has 8 nitrogen and oxygen atoms in total. The molecule has 0 spiro atoms. The maximum Gasteiger partial charge on any atom is 0.394 e. The first-order valence-corrected chi connectivity index (χ1v) is 7.27. The van der Waals surface area contributed by atoms with Crippen LogP contribution in [0.25, 0.3) is 0 Å². The van der Waals surface area contributed by atoms with E-state index in [0.29, 0.717) is 5.69 Å². The van der Waals surface area contributed by atoms with Crippen molar-refractivity contribution >= 4 is 21.8 Å². The Kier molecular flexibility index (Phi) is 7.74. The van der Waals surface area contributed by atoms with E-state index in [1.165, 1.54) is 6.07 Å². The smallest absolute Gasteiger partial charge is 0.394 e. The van der Waals surface area contributed by atoms with Crippen LogP contribution in [0.2, 0.25) is 0 Å². The lowest BCUT2D eigenvalue weighted by molar-refractivity contribution is -0.385. The van der Waals surface area contributed by atoms with Crippen molar-refractivity contribution in [3.8, 4) is 0 Å². The van der Waals surface area contributed by atoms with Crippen LogP contribution in [-0.2, 0) is 16.8 Å². The number of nitrogens with two attached hydrogens (primary N) is 1. The summed E-state index contributed by atoms with van der Waals surface area (Å²) in [6.07, 6.45) is 3.95. The average molecular weight is 306 g/mol. The van der Waals surface area contributed by atoms with E-state index in [1.807, 2.05) is 0 Å². The number of anilines is 1. The fourth-order valence-electron chi connectivity index (χ4n) is 1.53. The summed E-state index contributed by atoms with van der Waals surface area (Å²) < 4.78 is 31.6. The number of unbranched alkanes of at least 4 members (excludes halogenated alkanes) is 2. The van der Waals surface area contributed by atoms with Gasteiger partial charge in [0.25, 0.3) is 5.69 Å². The van der Waals surface area contributed by atoms with Crippen molar-refractivity contribution in [2.45, 2.75) is 32.6 Å². The summed E-state index contributed by atoms with van der Waals surface area (Å²) in [6.45, 7) is 2.11. The zero-order valence-corrected chi connectivity index (χ0v) is 11.8. The van der Waals surface area contributed by atoms with Gasteiger partial charge in [-0.25, -0.2) is 0 Å². The highest BCUT2D eigenvalue weighted by atomic mass is 32.3. The predicted octanol–water partition coefficient (Wildman–Crippen LogP) is 2.26. The molecular formula is C11H18N2O6S. The SMILES string of the molecule is CCCCCc1ccc(N)cc1[N+](=O)[O-].O=S(=O)(O)O. The fraction of sp³-hybridized carbons (Fsp3) is 0.455. The first-order chi connectivity index (χ1) is 9.15. The van der Waals surface area contributed by atoms with E-state index in [2.05, 4.69) is 6.92 Å².